The quantitative estimate of drug-likeness (QED) is 0.675. The third-order valence-electron chi connectivity index (χ3n) is 3.83. The molecule has 0 spiro atoms. The van der Waals surface area contributed by atoms with E-state index in [2.05, 4.69) is 22.9 Å². The molecule has 2 aromatic carbocycles. The van der Waals surface area contributed by atoms with E-state index >= 15 is 0 Å². The SMILES string of the molecule is CCCCc1ccc(NC(=O)CNC(=O)NCc2ccc(F)cc2)cc1. The van der Waals surface area contributed by atoms with Crippen LogP contribution in [0.15, 0.2) is 48.5 Å². The maximum Gasteiger partial charge on any atom is 0.315 e. The summed E-state index contributed by atoms with van der Waals surface area (Å²) in [6.07, 6.45) is 3.32. The molecule has 0 heterocycles. The number of urea groups is 1. The van der Waals surface area contributed by atoms with Gasteiger partial charge in [0.05, 0.1) is 6.54 Å². The number of benzene rings is 2. The van der Waals surface area contributed by atoms with Crippen LogP contribution in [-0.2, 0) is 17.8 Å². The van der Waals surface area contributed by atoms with E-state index in [0.717, 1.165) is 24.8 Å². The van der Waals surface area contributed by atoms with Crippen molar-refractivity contribution < 1.29 is 14.0 Å². The van der Waals surface area contributed by atoms with E-state index in [9.17, 15) is 14.0 Å². The summed E-state index contributed by atoms with van der Waals surface area (Å²) < 4.78 is 12.8. The van der Waals surface area contributed by atoms with Crippen LogP contribution in [-0.4, -0.2) is 18.5 Å². The molecule has 0 saturated carbocycles. The lowest BCUT2D eigenvalue weighted by molar-refractivity contribution is -0.115. The molecule has 2 rings (SSSR count). The number of hydrogen-bond acceptors (Lipinski definition) is 2. The van der Waals surface area contributed by atoms with Gasteiger partial charge in [-0.2, -0.15) is 0 Å². The molecule has 0 aromatic heterocycles. The topological polar surface area (TPSA) is 70.2 Å². The smallest absolute Gasteiger partial charge is 0.315 e. The van der Waals surface area contributed by atoms with Gasteiger partial charge in [-0.3, -0.25) is 4.79 Å². The molecule has 0 radical (unpaired) electrons. The molecule has 0 aliphatic carbocycles. The molecule has 2 aromatic rings. The fourth-order valence-corrected chi connectivity index (χ4v) is 2.35. The molecular formula is C20H24FN3O2. The molecule has 0 aliphatic heterocycles. The number of aryl methyl sites for hydroxylation is 1. The third kappa shape index (κ3) is 6.93. The minimum absolute atomic E-state index is 0.132. The monoisotopic (exact) mass is 357 g/mol. The molecule has 138 valence electrons. The Balaban J connectivity index is 1.68. The lowest BCUT2D eigenvalue weighted by atomic mass is 10.1. The number of anilines is 1. The fraction of sp³-hybridized carbons (Fsp3) is 0.300. The molecule has 0 unspecified atom stereocenters. The van der Waals surface area contributed by atoms with Crippen molar-refractivity contribution in [2.24, 2.45) is 0 Å². The van der Waals surface area contributed by atoms with Gasteiger partial charge in [0.15, 0.2) is 0 Å². The second-order valence-corrected chi connectivity index (χ2v) is 6.01. The van der Waals surface area contributed by atoms with E-state index in [1.807, 2.05) is 24.3 Å². The molecule has 0 atom stereocenters. The van der Waals surface area contributed by atoms with Gasteiger partial charge in [0.25, 0.3) is 0 Å². The molecule has 0 aliphatic rings. The first kappa shape index (κ1) is 19.4. The number of carbonyl (C=O) groups is 2. The van der Waals surface area contributed by atoms with Crippen molar-refractivity contribution in [2.75, 3.05) is 11.9 Å². The number of unbranched alkanes of at least 4 members (excludes halogenated alkanes) is 1. The normalized spacial score (nSPS) is 10.2. The van der Waals surface area contributed by atoms with Gasteiger partial charge in [-0.1, -0.05) is 37.6 Å². The maximum atomic E-state index is 12.8. The van der Waals surface area contributed by atoms with Gasteiger partial charge in [-0.05, 0) is 48.2 Å². The van der Waals surface area contributed by atoms with Crippen LogP contribution in [0.3, 0.4) is 0 Å². The number of amides is 3. The van der Waals surface area contributed by atoms with E-state index < -0.39 is 6.03 Å². The van der Waals surface area contributed by atoms with Crippen molar-refractivity contribution >= 4 is 17.6 Å². The molecule has 0 saturated heterocycles. The largest absolute Gasteiger partial charge is 0.334 e. The minimum Gasteiger partial charge on any atom is -0.334 e. The van der Waals surface area contributed by atoms with Crippen molar-refractivity contribution in [1.29, 1.82) is 0 Å². The molecule has 3 N–H and O–H groups in total. The zero-order valence-electron chi connectivity index (χ0n) is 14.8. The van der Waals surface area contributed by atoms with E-state index in [-0.39, 0.29) is 24.8 Å². The molecule has 26 heavy (non-hydrogen) atoms. The molecule has 6 heteroatoms. The zero-order chi connectivity index (χ0) is 18.8. The van der Waals surface area contributed by atoms with Crippen LogP contribution in [0.5, 0.6) is 0 Å². The number of rotatable bonds is 8. The van der Waals surface area contributed by atoms with Gasteiger partial charge in [0, 0.05) is 12.2 Å². The van der Waals surface area contributed by atoms with Gasteiger partial charge in [0.2, 0.25) is 5.91 Å². The lowest BCUT2D eigenvalue weighted by Crippen LogP contribution is -2.39. The van der Waals surface area contributed by atoms with Crippen molar-refractivity contribution in [3.63, 3.8) is 0 Å². The average molecular weight is 357 g/mol. The second kappa shape index (κ2) is 10.2. The fourth-order valence-electron chi connectivity index (χ4n) is 2.35. The molecule has 3 amide bonds. The standard InChI is InChI=1S/C20H24FN3O2/c1-2-3-4-15-7-11-18(12-8-15)24-19(25)14-23-20(26)22-13-16-5-9-17(21)10-6-16/h5-12H,2-4,13-14H2,1H3,(H,24,25)(H2,22,23,26). The van der Waals surface area contributed by atoms with Crippen molar-refractivity contribution in [3.8, 4) is 0 Å². The summed E-state index contributed by atoms with van der Waals surface area (Å²) in [5, 5.41) is 7.84. The Hall–Kier alpha value is -2.89. The Kier molecular flexibility index (Phi) is 7.61. The van der Waals surface area contributed by atoms with Crippen LogP contribution in [0.25, 0.3) is 0 Å². The number of hydrogen-bond donors (Lipinski definition) is 3. The predicted octanol–water partition coefficient (Wildman–Crippen LogP) is 3.61. The van der Waals surface area contributed by atoms with Crippen molar-refractivity contribution in [1.82, 2.24) is 10.6 Å². The summed E-state index contributed by atoms with van der Waals surface area (Å²) in [7, 11) is 0. The first-order chi connectivity index (χ1) is 12.6. The lowest BCUT2D eigenvalue weighted by Gasteiger charge is -2.09. The Morgan fingerprint density at radius 2 is 1.58 bits per heavy atom. The van der Waals surface area contributed by atoms with Crippen LogP contribution < -0.4 is 16.0 Å². The predicted molar refractivity (Wildman–Crippen MR) is 100 cm³/mol. The summed E-state index contributed by atoms with van der Waals surface area (Å²) in [6, 6.07) is 13.1. The van der Waals surface area contributed by atoms with E-state index in [4.69, 9.17) is 0 Å². The van der Waals surface area contributed by atoms with Crippen LogP contribution in [0, 0.1) is 5.82 Å². The zero-order valence-corrected chi connectivity index (χ0v) is 14.8. The highest BCUT2D eigenvalue weighted by atomic mass is 19.1. The highest BCUT2D eigenvalue weighted by molar-refractivity contribution is 5.94. The highest BCUT2D eigenvalue weighted by Crippen LogP contribution is 2.11. The van der Waals surface area contributed by atoms with Crippen LogP contribution in [0.4, 0.5) is 14.9 Å². The summed E-state index contributed by atoms with van der Waals surface area (Å²) in [5.41, 5.74) is 2.71. The molecular weight excluding hydrogens is 333 g/mol. The summed E-state index contributed by atoms with van der Waals surface area (Å²) >= 11 is 0. The molecule has 0 bridgehead atoms. The summed E-state index contributed by atoms with van der Waals surface area (Å²) in [4.78, 5) is 23.6. The first-order valence-corrected chi connectivity index (χ1v) is 8.71. The molecule has 5 nitrogen and oxygen atoms in total. The molecule has 0 fully saturated rings. The minimum atomic E-state index is -0.459. The summed E-state index contributed by atoms with van der Waals surface area (Å²) in [5.74, 6) is -0.628. The Morgan fingerprint density at radius 1 is 0.923 bits per heavy atom. The van der Waals surface area contributed by atoms with Crippen LogP contribution in [0.2, 0.25) is 0 Å². The van der Waals surface area contributed by atoms with Gasteiger partial charge >= 0.3 is 6.03 Å². The van der Waals surface area contributed by atoms with Crippen LogP contribution >= 0.6 is 0 Å². The number of halogens is 1. The Bertz CT molecular complexity index is 715. The van der Waals surface area contributed by atoms with E-state index in [1.54, 1.807) is 12.1 Å². The second-order valence-electron chi connectivity index (χ2n) is 6.01. The van der Waals surface area contributed by atoms with Crippen molar-refractivity contribution in [2.45, 2.75) is 32.7 Å². The number of carbonyl (C=O) groups excluding carboxylic acids is 2. The maximum absolute atomic E-state index is 12.8. The van der Waals surface area contributed by atoms with Crippen molar-refractivity contribution in [3.05, 3.63) is 65.5 Å². The van der Waals surface area contributed by atoms with Crippen LogP contribution in [0.1, 0.15) is 30.9 Å². The van der Waals surface area contributed by atoms with Gasteiger partial charge in [-0.15, -0.1) is 0 Å². The first-order valence-electron chi connectivity index (χ1n) is 8.71. The van der Waals surface area contributed by atoms with E-state index in [1.165, 1.54) is 17.7 Å². The Morgan fingerprint density at radius 3 is 2.23 bits per heavy atom. The summed E-state index contributed by atoms with van der Waals surface area (Å²) in [6.45, 7) is 2.27. The van der Waals surface area contributed by atoms with Gasteiger partial charge < -0.3 is 16.0 Å². The Labute approximate surface area is 153 Å². The van der Waals surface area contributed by atoms with E-state index in [0.29, 0.717) is 5.69 Å². The average Bonchev–Trinajstić information content (AvgIpc) is 2.65. The highest BCUT2D eigenvalue weighted by Gasteiger charge is 2.06. The van der Waals surface area contributed by atoms with Gasteiger partial charge in [0.1, 0.15) is 5.82 Å². The van der Waals surface area contributed by atoms with Gasteiger partial charge in [-0.25, -0.2) is 9.18 Å². The number of nitrogens with one attached hydrogen (secondary N) is 3. The third-order valence-corrected chi connectivity index (χ3v) is 3.83.